The third kappa shape index (κ3) is 6.10. The number of sulfonamides is 1. The molecule has 4 rings (SSSR count). The second-order valence-electron chi connectivity index (χ2n) is 8.97. The van der Waals surface area contributed by atoms with Gasteiger partial charge in [-0.3, -0.25) is 9.69 Å². The summed E-state index contributed by atoms with van der Waals surface area (Å²) in [6, 6.07) is 15.1. The Morgan fingerprint density at radius 2 is 1.66 bits per heavy atom. The average molecular weight is 499 g/mol. The van der Waals surface area contributed by atoms with Gasteiger partial charge >= 0.3 is 0 Å². The number of amides is 1. The van der Waals surface area contributed by atoms with Crippen molar-refractivity contribution in [3.8, 4) is 0 Å². The zero-order valence-electron chi connectivity index (χ0n) is 20.5. The summed E-state index contributed by atoms with van der Waals surface area (Å²) in [5, 5.41) is 0. The first-order chi connectivity index (χ1) is 16.9. The molecule has 188 valence electrons. The van der Waals surface area contributed by atoms with Crippen molar-refractivity contribution in [2.75, 3.05) is 78.0 Å². The van der Waals surface area contributed by atoms with Crippen LogP contribution in [0.15, 0.2) is 59.5 Å². The van der Waals surface area contributed by atoms with Crippen LogP contribution in [0.1, 0.15) is 15.9 Å². The van der Waals surface area contributed by atoms with E-state index in [1.165, 1.54) is 30.0 Å². The minimum Gasteiger partial charge on any atom is -0.378 e. The lowest BCUT2D eigenvalue weighted by molar-refractivity contribution is 0.0649. The van der Waals surface area contributed by atoms with E-state index in [0.717, 1.165) is 25.3 Å². The molecule has 2 aliphatic heterocycles. The number of carbonyl (C=O) groups excluding carboxylic acids is 1. The van der Waals surface area contributed by atoms with Gasteiger partial charge in [-0.1, -0.05) is 42.5 Å². The molecule has 2 aromatic carbocycles. The van der Waals surface area contributed by atoms with Crippen molar-refractivity contribution in [3.05, 3.63) is 65.7 Å². The predicted molar refractivity (Wildman–Crippen MR) is 138 cm³/mol. The summed E-state index contributed by atoms with van der Waals surface area (Å²) < 4.78 is 32.2. The summed E-state index contributed by atoms with van der Waals surface area (Å²) in [5.41, 5.74) is 2.38. The van der Waals surface area contributed by atoms with Crippen molar-refractivity contribution >= 4 is 27.7 Å². The first kappa shape index (κ1) is 25.4. The Balaban J connectivity index is 1.48. The van der Waals surface area contributed by atoms with Gasteiger partial charge < -0.3 is 14.5 Å². The summed E-state index contributed by atoms with van der Waals surface area (Å²) in [7, 11) is -0.653. The van der Waals surface area contributed by atoms with Gasteiger partial charge in [-0.25, -0.2) is 12.7 Å². The molecule has 2 saturated heterocycles. The Labute approximate surface area is 208 Å². The van der Waals surface area contributed by atoms with E-state index in [1.807, 2.05) is 23.1 Å². The number of piperazine rings is 1. The van der Waals surface area contributed by atoms with Crippen LogP contribution in [0.2, 0.25) is 0 Å². The van der Waals surface area contributed by atoms with Gasteiger partial charge in [0.15, 0.2) is 0 Å². The summed E-state index contributed by atoms with van der Waals surface area (Å²) in [5.74, 6) is -0.123. The number of hydrogen-bond donors (Lipinski definition) is 0. The van der Waals surface area contributed by atoms with Crippen molar-refractivity contribution in [2.24, 2.45) is 0 Å². The van der Waals surface area contributed by atoms with E-state index in [-0.39, 0.29) is 10.8 Å². The molecular weight excluding hydrogens is 464 g/mol. The van der Waals surface area contributed by atoms with E-state index in [4.69, 9.17) is 4.74 Å². The molecule has 1 amide bonds. The van der Waals surface area contributed by atoms with Crippen LogP contribution in [0.3, 0.4) is 0 Å². The second-order valence-corrected chi connectivity index (χ2v) is 11.1. The first-order valence-electron chi connectivity index (χ1n) is 12.0. The second kappa shape index (κ2) is 11.3. The summed E-state index contributed by atoms with van der Waals surface area (Å²) in [4.78, 5) is 20.0. The van der Waals surface area contributed by atoms with Gasteiger partial charge in [0.25, 0.3) is 5.91 Å². The first-order valence-corrected chi connectivity index (χ1v) is 13.4. The lowest BCUT2D eigenvalue weighted by Crippen LogP contribution is -2.49. The molecule has 0 unspecified atom stereocenters. The van der Waals surface area contributed by atoms with E-state index in [1.54, 1.807) is 12.1 Å². The highest BCUT2D eigenvalue weighted by atomic mass is 32.2. The van der Waals surface area contributed by atoms with E-state index in [0.29, 0.717) is 45.0 Å². The number of benzene rings is 2. The maximum Gasteiger partial charge on any atom is 0.256 e. The summed E-state index contributed by atoms with van der Waals surface area (Å²) in [6.07, 6.45) is 4.27. The molecular formula is C26H34N4O4S. The fourth-order valence-corrected chi connectivity index (χ4v) is 5.27. The van der Waals surface area contributed by atoms with Crippen LogP contribution in [0.25, 0.3) is 6.08 Å². The van der Waals surface area contributed by atoms with Crippen LogP contribution in [0.4, 0.5) is 5.69 Å². The molecule has 0 radical (unpaired) electrons. The highest BCUT2D eigenvalue weighted by Crippen LogP contribution is 2.28. The molecule has 0 N–H and O–H groups in total. The Bertz CT molecular complexity index is 1140. The topological polar surface area (TPSA) is 73.4 Å². The molecule has 0 atom stereocenters. The molecule has 2 fully saturated rings. The van der Waals surface area contributed by atoms with Crippen molar-refractivity contribution in [1.82, 2.24) is 14.1 Å². The Morgan fingerprint density at radius 1 is 0.971 bits per heavy atom. The maximum absolute atomic E-state index is 13.6. The lowest BCUT2D eigenvalue weighted by atomic mass is 10.1. The molecule has 0 bridgehead atoms. The number of ether oxygens (including phenoxy) is 1. The quantitative estimate of drug-likeness (QED) is 0.583. The number of rotatable bonds is 7. The molecule has 8 nitrogen and oxygen atoms in total. The highest BCUT2D eigenvalue weighted by Gasteiger charge is 2.28. The molecule has 0 saturated carbocycles. The largest absolute Gasteiger partial charge is 0.378 e. The normalized spacial score (nSPS) is 17.9. The van der Waals surface area contributed by atoms with Gasteiger partial charge in [-0.05, 0) is 23.8 Å². The Morgan fingerprint density at radius 3 is 2.31 bits per heavy atom. The van der Waals surface area contributed by atoms with Crippen LogP contribution in [-0.4, -0.2) is 102 Å². The predicted octanol–water partition coefficient (Wildman–Crippen LogP) is 2.24. The van der Waals surface area contributed by atoms with E-state index in [9.17, 15) is 13.2 Å². The smallest absolute Gasteiger partial charge is 0.256 e. The zero-order valence-corrected chi connectivity index (χ0v) is 21.3. The van der Waals surface area contributed by atoms with E-state index >= 15 is 0 Å². The van der Waals surface area contributed by atoms with E-state index in [2.05, 4.69) is 34.1 Å². The highest BCUT2D eigenvalue weighted by molar-refractivity contribution is 7.89. The number of hydrogen-bond acceptors (Lipinski definition) is 6. The molecule has 2 aliphatic rings. The fourth-order valence-electron chi connectivity index (χ4n) is 4.34. The molecule has 2 aromatic rings. The van der Waals surface area contributed by atoms with Gasteiger partial charge in [-0.15, -0.1) is 0 Å². The maximum atomic E-state index is 13.6. The SMILES string of the molecule is CN(C)S(=O)(=O)c1ccc(N2CCOCC2)c(C(=O)N2CCN(C/C=C/c3ccccc3)CC2)c1. The number of carbonyl (C=O) groups is 1. The molecule has 0 spiro atoms. The summed E-state index contributed by atoms with van der Waals surface area (Å²) >= 11 is 0. The van der Waals surface area contributed by atoms with Crippen LogP contribution in [0, 0.1) is 0 Å². The standard InChI is InChI=1S/C26H34N4O4S/c1-27(2)35(32,33)23-10-11-25(29-17-19-34-20-18-29)24(21-23)26(31)30-15-13-28(14-16-30)12-6-9-22-7-4-3-5-8-22/h3-11,21H,12-20H2,1-2H3/b9-6+. The lowest BCUT2D eigenvalue weighted by Gasteiger charge is -2.36. The van der Waals surface area contributed by atoms with Gasteiger partial charge in [0.2, 0.25) is 10.0 Å². The van der Waals surface area contributed by atoms with Crippen LogP contribution in [-0.2, 0) is 14.8 Å². The van der Waals surface area contributed by atoms with Crippen LogP contribution >= 0.6 is 0 Å². The molecule has 0 aliphatic carbocycles. The minimum absolute atomic E-state index is 0.123. The molecule has 0 aromatic heterocycles. The zero-order chi connectivity index (χ0) is 24.8. The Kier molecular flexibility index (Phi) is 8.22. The number of anilines is 1. The van der Waals surface area contributed by atoms with Gasteiger partial charge in [-0.2, -0.15) is 0 Å². The average Bonchev–Trinajstić information content (AvgIpc) is 2.89. The van der Waals surface area contributed by atoms with Crippen LogP contribution < -0.4 is 4.90 Å². The van der Waals surface area contributed by atoms with Gasteiger partial charge in [0.1, 0.15) is 0 Å². The third-order valence-electron chi connectivity index (χ3n) is 6.46. The van der Waals surface area contributed by atoms with Crippen LogP contribution in [0.5, 0.6) is 0 Å². The van der Waals surface area contributed by atoms with Crippen molar-refractivity contribution < 1.29 is 17.9 Å². The van der Waals surface area contributed by atoms with E-state index < -0.39 is 10.0 Å². The molecule has 2 heterocycles. The van der Waals surface area contributed by atoms with Gasteiger partial charge in [0, 0.05) is 65.6 Å². The number of nitrogens with zero attached hydrogens (tertiary/aromatic N) is 4. The van der Waals surface area contributed by atoms with Crippen molar-refractivity contribution in [2.45, 2.75) is 4.90 Å². The fraction of sp³-hybridized carbons (Fsp3) is 0.423. The third-order valence-corrected chi connectivity index (χ3v) is 8.27. The minimum atomic E-state index is -3.65. The Hall–Kier alpha value is -2.72. The molecule has 35 heavy (non-hydrogen) atoms. The van der Waals surface area contributed by atoms with Gasteiger partial charge in [0.05, 0.1) is 23.7 Å². The monoisotopic (exact) mass is 498 g/mol. The number of morpholine rings is 1. The van der Waals surface area contributed by atoms with Crippen molar-refractivity contribution in [3.63, 3.8) is 0 Å². The molecule has 9 heteroatoms. The summed E-state index contributed by atoms with van der Waals surface area (Å²) in [6.45, 7) is 6.08. The van der Waals surface area contributed by atoms with Crippen molar-refractivity contribution in [1.29, 1.82) is 0 Å².